The zero-order valence-electron chi connectivity index (χ0n) is 28.0. The average Bonchev–Trinajstić information content (AvgIpc) is 3.79. The fraction of sp³-hybridized carbons (Fsp3) is 0.0426. The second kappa shape index (κ2) is 11.4. The van der Waals surface area contributed by atoms with Gasteiger partial charge in [-0.2, -0.15) is 0 Å². The number of amidine groups is 1. The first-order valence-electron chi connectivity index (χ1n) is 17.7. The number of hydrogen-bond donors (Lipinski definition) is 2. The summed E-state index contributed by atoms with van der Waals surface area (Å²) in [6.07, 6.45) is -0.673. The minimum absolute atomic E-state index is 0.329. The highest BCUT2D eigenvalue weighted by Crippen LogP contribution is 2.44. The molecule has 2 unspecified atom stereocenters. The van der Waals surface area contributed by atoms with Gasteiger partial charge in [-0.15, -0.1) is 0 Å². The van der Waals surface area contributed by atoms with Crippen LogP contribution in [-0.2, 0) is 0 Å². The van der Waals surface area contributed by atoms with Crippen LogP contribution in [0.25, 0.3) is 76.5 Å². The molecule has 1 aliphatic rings. The van der Waals surface area contributed by atoms with Gasteiger partial charge in [0.1, 0.15) is 40.5 Å². The molecule has 246 valence electrons. The Kier molecular flexibility index (Phi) is 6.39. The molecule has 0 aliphatic carbocycles. The number of para-hydroxylation sites is 2. The predicted octanol–water partition coefficient (Wildman–Crippen LogP) is 11.8. The molecule has 1 aliphatic heterocycles. The normalized spacial score (nSPS) is 16.3. The number of nitrogens with one attached hydrogen (secondary N) is 2. The highest BCUT2D eigenvalue weighted by molar-refractivity contribution is 6.15. The zero-order chi connectivity index (χ0) is 34.2. The Morgan fingerprint density at radius 3 is 1.85 bits per heavy atom. The van der Waals surface area contributed by atoms with Gasteiger partial charge in [0.15, 0.2) is 0 Å². The maximum atomic E-state index is 6.53. The Labute approximate surface area is 298 Å². The van der Waals surface area contributed by atoms with E-state index in [-0.39, 0.29) is 12.3 Å². The molecule has 2 atom stereocenters. The molecule has 0 spiro atoms. The van der Waals surface area contributed by atoms with E-state index in [2.05, 4.69) is 150 Å². The molecule has 2 N–H and O–H groups in total. The van der Waals surface area contributed by atoms with Crippen LogP contribution in [0.15, 0.2) is 178 Å². The molecular formula is C47H31N3O2. The predicted molar refractivity (Wildman–Crippen MR) is 213 cm³/mol. The van der Waals surface area contributed by atoms with Crippen molar-refractivity contribution in [3.8, 4) is 11.1 Å². The lowest BCUT2D eigenvalue weighted by Crippen LogP contribution is -2.45. The van der Waals surface area contributed by atoms with Crippen LogP contribution in [0.1, 0.15) is 29.0 Å². The summed E-state index contributed by atoms with van der Waals surface area (Å²) >= 11 is 0. The molecular weight excluding hydrogens is 639 g/mol. The van der Waals surface area contributed by atoms with Gasteiger partial charge in [-0.3, -0.25) is 5.32 Å². The van der Waals surface area contributed by atoms with E-state index in [1.54, 1.807) is 0 Å². The van der Waals surface area contributed by atoms with Gasteiger partial charge in [0, 0.05) is 32.7 Å². The summed E-state index contributed by atoms with van der Waals surface area (Å²) in [4.78, 5) is 5.38. The first kappa shape index (κ1) is 29.1. The second-order valence-electron chi connectivity index (χ2n) is 13.6. The number of nitrogens with zero attached hydrogens (tertiary/aromatic N) is 1. The Hall–Kier alpha value is -6.69. The Morgan fingerprint density at radius 2 is 1.08 bits per heavy atom. The van der Waals surface area contributed by atoms with Crippen LogP contribution in [0.3, 0.4) is 0 Å². The van der Waals surface area contributed by atoms with Crippen molar-refractivity contribution in [1.82, 2.24) is 10.6 Å². The molecule has 8 aromatic carbocycles. The lowest BCUT2D eigenvalue weighted by atomic mass is 9.90. The van der Waals surface area contributed by atoms with E-state index in [0.29, 0.717) is 0 Å². The number of aliphatic imine (C=N–C) groups is 1. The highest BCUT2D eigenvalue weighted by atomic mass is 16.3. The number of hydrogen-bond acceptors (Lipinski definition) is 5. The van der Waals surface area contributed by atoms with Crippen molar-refractivity contribution in [2.24, 2.45) is 4.99 Å². The molecule has 5 heteroatoms. The summed E-state index contributed by atoms with van der Waals surface area (Å²) in [5.74, 6) is 0.829. The van der Waals surface area contributed by atoms with Crippen LogP contribution in [0.5, 0.6) is 0 Å². The standard InChI is InChI=1S/C47H31N3O2/c1-3-12-30-26-32(22-20-28(30)10-1)45-48-46(33-23-21-29-11-2-4-13-31(29)27-33)50-47(49-45)44-35(24-25-41-43(44)37-15-6-8-18-39(37)52-41)34-16-9-19-40-42(34)36-14-5-7-17-38(36)51-40/h1-27,45,47,49H,(H,48,50). The number of rotatable bonds is 4. The molecule has 0 saturated heterocycles. The zero-order valence-corrected chi connectivity index (χ0v) is 28.0. The minimum Gasteiger partial charge on any atom is -0.456 e. The summed E-state index contributed by atoms with van der Waals surface area (Å²) in [7, 11) is 0. The van der Waals surface area contributed by atoms with Crippen LogP contribution in [0.4, 0.5) is 0 Å². The third-order valence-corrected chi connectivity index (χ3v) is 10.5. The SMILES string of the molecule is c1ccc2cc(C3=NC(c4ccc5ccccc5c4)NC(c4c(-c5cccc6oc7ccccc7c56)ccc5oc6ccccc6c45)N3)ccc2c1. The van der Waals surface area contributed by atoms with Gasteiger partial charge in [-0.05, 0) is 74.6 Å². The van der Waals surface area contributed by atoms with E-state index in [1.165, 1.54) is 21.5 Å². The quantitative estimate of drug-likeness (QED) is 0.196. The van der Waals surface area contributed by atoms with Crippen molar-refractivity contribution < 1.29 is 8.83 Å². The van der Waals surface area contributed by atoms with Gasteiger partial charge in [-0.1, -0.05) is 127 Å². The summed E-state index contributed by atoms with van der Waals surface area (Å²) in [6, 6.07) is 57.4. The fourth-order valence-corrected chi connectivity index (χ4v) is 8.12. The fourth-order valence-electron chi connectivity index (χ4n) is 8.12. The molecule has 3 heterocycles. The second-order valence-corrected chi connectivity index (χ2v) is 13.6. The molecule has 0 fully saturated rings. The monoisotopic (exact) mass is 669 g/mol. The molecule has 2 aromatic heterocycles. The third-order valence-electron chi connectivity index (χ3n) is 10.5. The maximum Gasteiger partial charge on any atom is 0.136 e. The van der Waals surface area contributed by atoms with Crippen molar-refractivity contribution in [2.45, 2.75) is 12.3 Å². The molecule has 10 aromatic rings. The van der Waals surface area contributed by atoms with Crippen LogP contribution in [0.2, 0.25) is 0 Å². The lowest BCUT2D eigenvalue weighted by molar-refractivity contribution is 0.412. The maximum absolute atomic E-state index is 6.53. The first-order valence-corrected chi connectivity index (χ1v) is 17.7. The van der Waals surface area contributed by atoms with Gasteiger partial charge < -0.3 is 14.2 Å². The van der Waals surface area contributed by atoms with Gasteiger partial charge in [0.2, 0.25) is 0 Å². The van der Waals surface area contributed by atoms with Crippen molar-refractivity contribution in [1.29, 1.82) is 0 Å². The van der Waals surface area contributed by atoms with Crippen LogP contribution in [0, 0.1) is 0 Å². The van der Waals surface area contributed by atoms with Crippen LogP contribution < -0.4 is 10.6 Å². The smallest absolute Gasteiger partial charge is 0.136 e. The molecule has 0 amide bonds. The van der Waals surface area contributed by atoms with E-state index in [4.69, 9.17) is 13.8 Å². The van der Waals surface area contributed by atoms with E-state index < -0.39 is 0 Å². The lowest BCUT2D eigenvalue weighted by Gasteiger charge is -2.34. The Bertz CT molecular complexity index is 3060. The third kappa shape index (κ3) is 4.57. The summed E-state index contributed by atoms with van der Waals surface area (Å²) < 4.78 is 12.9. The van der Waals surface area contributed by atoms with Gasteiger partial charge in [0.05, 0.1) is 0 Å². The topological polar surface area (TPSA) is 62.7 Å². The van der Waals surface area contributed by atoms with E-state index in [9.17, 15) is 0 Å². The molecule has 0 bridgehead atoms. The van der Waals surface area contributed by atoms with Crippen molar-refractivity contribution >= 4 is 71.3 Å². The van der Waals surface area contributed by atoms with E-state index in [1.807, 2.05) is 24.3 Å². The van der Waals surface area contributed by atoms with E-state index in [0.717, 1.165) is 77.5 Å². The van der Waals surface area contributed by atoms with Crippen molar-refractivity contribution in [3.63, 3.8) is 0 Å². The average molecular weight is 670 g/mol. The largest absolute Gasteiger partial charge is 0.456 e. The number of fused-ring (bicyclic) bond motifs is 8. The molecule has 0 saturated carbocycles. The minimum atomic E-state index is -0.344. The first-order chi connectivity index (χ1) is 25.7. The summed E-state index contributed by atoms with van der Waals surface area (Å²) in [5, 5.41) is 16.9. The molecule has 52 heavy (non-hydrogen) atoms. The molecule has 0 radical (unpaired) electrons. The molecule has 5 nitrogen and oxygen atoms in total. The Balaban J connectivity index is 1.18. The number of benzene rings is 8. The highest BCUT2D eigenvalue weighted by Gasteiger charge is 2.31. The Morgan fingerprint density at radius 1 is 0.462 bits per heavy atom. The van der Waals surface area contributed by atoms with Crippen LogP contribution >= 0.6 is 0 Å². The van der Waals surface area contributed by atoms with E-state index >= 15 is 0 Å². The van der Waals surface area contributed by atoms with Crippen molar-refractivity contribution in [2.75, 3.05) is 0 Å². The van der Waals surface area contributed by atoms with Crippen LogP contribution in [-0.4, -0.2) is 5.84 Å². The van der Waals surface area contributed by atoms with Gasteiger partial charge >= 0.3 is 0 Å². The summed E-state index contributed by atoms with van der Waals surface area (Å²) in [5.41, 5.74) is 8.85. The number of furan rings is 2. The summed E-state index contributed by atoms with van der Waals surface area (Å²) in [6.45, 7) is 0. The van der Waals surface area contributed by atoms with Crippen molar-refractivity contribution in [3.05, 3.63) is 180 Å². The van der Waals surface area contributed by atoms with Gasteiger partial charge in [0.25, 0.3) is 0 Å². The molecule has 11 rings (SSSR count). The van der Waals surface area contributed by atoms with Gasteiger partial charge in [-0.25, -0.2) is 4.99 Å².